The van der Waals surface area contributed by atoms with Gasteiger partial charge < -0.3 is 55.9 Å². The molecule has 0 radical (unpaired) electrons. The first-order chi connectivity index (χ1) is 27.3. The van der Waals surface area contributed by atoms with Gasteiger partial charge in [-0.1, -0.05) is 38.3 Å². The highest BCUT2D eigenvalue weighted by Crippen LogP contribution is 2.47. The Labute approximate surface area is 335 Å². The summed E-state index contributed by atoms with van der Waals surface area (Å²) in [6.07, 6.45) is 8.81. The van der Waals surface area contributed by atoms with Gasteiger partial charge in [-0.25, -0.2) is 4.79 Å². The van der Waals surface area contributed by atoms with Gasteiger partial charge in [-0.05, 0) is 88.0 Å². The van der Waals surface area contributed by atoms with Crippen LogP contribution in [-0.4, -0.2) is 128 Å². The van der Waals surface area contributed by atoms with Gasteiger partial charge in [0.05, 0.1) is 30.5 Å². The molecule has 318 valence electrons. The van der Waals surface area contributed by atoms with Crippen molar-refractivity contribution in [2.75, 3.05) is 13.1 Å². The van der Waals surface area contributed by atoms with E-state index in [0.717, 1.165) is 12.0 Å². The molecule has 1 amide bonds. The number of hydrogen-bond acceptors (Lipinski definition) is 13. The third-order valence-electron chi connectivity index (χ3n) is 14.0. The highest BCUT2D eigenvalue weighted by Gasteiger charge is 2.67. The fourth-order valence-corrected chi connectivity index (χ4v) is 10.4. The second-order valence-electron chi connectivity index (χ2n) is 17.7. The van der Waals surface area contributed by atoms with Crippen LogP contribution in [0.25, 0.3) is 0 Å². The molecular weight excluding hydrogens is 738 g/mol. The monoisotopic (exact) mass is 802 g/mol. The van der Waals surface area contributed by atoms with E-state index >= 15 is 0 Å². The van der Waals surface area contributed by atoms with Crippen LogP contribution in [0.4, 0.5) is 0 Å². The van der Waals surface area contributed by atoms with Gasteiger partial charge >= 0.3 is 5.97 Å². The molecule has 3 saturated carbocycles. The molecule has 5 fully saturated rings. The van der Waals surface area contributed by atoms with Crippen LogP contribution in [0.1, 0.15) is 96.8 Å². The minimum Gasteiger partial charge on any atom is -0.479 e. The number of rotatable bonds is 16. The number of aliphatic carboxylic acids is 1. The van der Waals surface area contributed by atoms with Crippen LogP contribution in [0.15, 0.2) is 28.8 Å². The molecule has 15 nitrogen and oxygen atoms in total. The van der Waals surface area contributed by atoms with E-state index in [1.54, 1.807) is 12.8 Å². The van der Waals surface area contributed by atoms with E-state index in [1.165, 1.54) is 32.1 Å². The number of primary amides is 1. The van der Waals surface area contributed by atoms with Crippen LogP contribution in [0, 0.1) is 42.1 Å². The van der Waals surface area contributed by atoms with Crippen molar-refractivity contribution in [3.05, 3.63) is 30.3 Å². The summed E-state index contributed by atoms with van der Waals surface area (Å²) in [5.41, 5.74) is 1.17. The highest BCUT2D eigenvalue weighted by molar-refractivity contribution is 5.82. The Hall–Kier alpha value is -2.73. The van der Waals surface area contributed by atoms with Crippen LogP contribution in [-0.2, 0) is 28.6 Å². The number of carbonyl (C=O) groups excluding carboxylic acids is 2. The van der Waals surface area contributed by atoms with Crippen molar-refractivity contribution in [2.45, 2.75) is 157 Å². The van der Waals surface area contributed by atoms with E-state index in [1.807, 2.05) is 6.08 Å². The largest absolute Gasteiger partial charge is 0.479 e. The molecule has 0 bridgehead atoms. The molecule has 6 aliphatic rings. The summed E-state index contributed by atoms with van der Waals surface area (Å²) in [5, 5.41) is 69.9. The molecule has 0 aromatic rings. The number of allylic oxidation sites excluding steroid dienone is 3. The number of carboxylic acids is 1. The van der Waals surface area contributed by atoms with Gasteiger partial charge in [0.2, 0.25) is 5.91 Å². The molecule has 0 spiro atoms. The van der Waals surface area contributed by atoms with Crippen molar-refractivity contribution >= 4 is 24.4 Å². The van der Waals surface area contributed by atoms with E-state index in [9.17, 15) is 45.0 Å². The summed E-state index contributed by atoms with van der Waals surface area (Å²) >= 11 is 0. The molecule has 3 heterocycles. The highest BCUT2D eigenvalue weighted by atomic mass is 16.7. The number of aliphatic hydroxyl groups is 5. The standard InChI is InChI=1S/C42H63N3O12/c1-24(6-5-9-25-7-3-2-4-8-25)28(18-26-16-17-44-20-26)21-45-22-41(53)40(57-36(39(51)52)37(49)42(41,54)23-46)55-30-14-15-31-32(19-30)56-35(38(43)50)33(34(31)48)27-10-12-29(47)13-11-27/h5,9,16-17,20,23-25,27-37,40,45,47-49,53-54H,2-4,6-8,10-15,18-19,21-22H2,1H3,(H2-,43,50,51,52)/p+1/t24-,27?,28+,29?,30?,31?,32?,33?,34?,35?,36+,37-,40-,41-,42+/m1/s1. The van der Waals surface area contributed by atoms with Crippen molar-refractivity contribution in [1.82, 2.24) is 5.32 Å². The van der Waals surface area contributed by atoms with E-state index in [4.69, 9.17) is 19.9 Å². The summed E-state index contributed by atoms with van der Waals surface area (Å²) in [5.74, 6) is -2.57. The number of hydrogen-bond donors (Lipinski definition) is 8. The second-order valence-corrected chi connectivity index (χ2v) is 17.7. The second kappa shape index (κ2) is 19.1. The maximum absolute atomic E-state index is 12.7. The molecule has 3 aliphatic heterocycles. The quantitative estimate of drug-likeness (QED) is 0.0630. The number of aldehydes is 1. The molecule has 0 aromatic heterocycles. The number of amides is 1. The number of carbonyl (C=O) groups is 3. The van der Waals surface area contributed by atoms with Crippen molar-refractivity contribution in [3.63, 3.8) is 0 Å². The van der Waals surface area contributed by atoms with Gasteiger partial charge in [-0.15, -0.1) is 4.99 Å². The molecular formula is C42H64N3O12+. The number of ether oxygens (including phenoxy) is 3. The lowest BCUT2D eigenvalue weighted by atomic mass is 9.66. The van der Waals surface area contributed by atoms with Crippen molar-refractivity contribution in [1.29, 1.82) is 0 Å². The van der Waals surface area contributed by atoms with Crippen LogP contribution in [0.2, 0.25) is 0 Å². The van der Waals surface area contributed by atoms with Crippen LogP contribution < -0.4 is 11.1 Å². The zero-order chi connectivity index (χ0) is 40.9. The number of nitrogens with one attached hydrogen (secondary N) is 1. The summed E-state index contributed by atoms with van der Waals surface area (Å²) in [6.45, 7) is 3.68. The lowest BCUT2D eigenvalue weighted by Crippen LogP contribution is -2.79. The van der Waals surface area contributed by atoms with Gasteiger partial charge in [0.25, 0.3) is 0 Å². The summed E-state index contributed by atoms with van der Waals surface area (Å²) < 4.78 is 18.3. The van der Waals surface area contributed by atoms with Crippen molar-refractivity contribution < 1.29 is 59.2 Å². The molecule has 9 N–H and O–H groups in total. The SMILES string of the molecule is C[C@H](CC=CC1CCCCC1)[C@H](CNC[C@@]1(O)[C@H](OC2CCC3C(C2)OC(C(N)=O)C(C2CCC(O)CC2)C3O)O[C@H](C(=O)O)[C@@H](O)[C@@]1(O)C=O)CC1=C[CH+]N=C1. The molecule has 3 aliphatic carbocycles. The van der Waals surface area contributed by atoms with Crippen molar-refractivity contribution in [2.24, 2.45) is 46.2 Å². The Morgan fingerprint density at radius 1 is 1.05 bits per heavy atom. The minimum absolute atomic E-state index is 0.0181. The number of carboxylic acid groups (broad SMARTS) is 1. The van der Waals surface area contributed by atoms with Crippen LogP contribution >= 0.6 is 0 Å². The lowest BCUT2D eigenvalue weighted by Gasteiger charge is -2.54. The topological polar surface area (TPSA) is 251 Å². The average Bonchev–Trinajstić information content (AvgIpc) is 3.71. The zero-order valence-corrected chi connectivity index (χ0v) is 33.0. The third-order valence-corrected chi connectivity index (χ3v) is 14.0. The molecule has 2 saturated heterocycles. The molecule has 6 rings (SSSR count). The first-order valence-electron chi connectivity index (χ1n) is 21.1. The summed E-state index contributed by atoms with van der Waals surface area (Å²) in [6, 6.07) is 0. The van der Waals surface area contributed by atoms with Crippen molar-refractivity contribution in [3.8, 4) is 0 Å². The third kappa shape index (κ3) is 9.68. The Morgan fingerprint density at radius 2 is 1.79 bits per heavy atom. The number of aliphatic hydroxyl groups excluding tert-OH is 3. The maximum atomic E-state index is 12.7. The molecule has 15 heteroatoms. The Morgan fingerprint density at radius 3 is 2.44 bits per heavy atom. The van der Waals surface area contributed by atoms with E-state index in [-0.39, 0.29) is 36.4 Å². The fraction of sp³-hybridized carbons (Fsp3) is 0.786. The number of nitrogens with zero attached hydrogens (tertiary/aromatic N) is 1. The smallest absolute Gasteiger partial charge is 0.335 e. The van der Waals surface area contributed by atoms with E-state index in [2.05, 4.69) is 29.4 Å². The molecule has 13 atom stereocenters. The Bertz CT molecular complexity index is 1480. The van der Waals surface area contributed by atoms with E-state index in [0.29, 0.717) is 57.4 Å². The number of aliphatic imine (C=N–C) groups is 1. The molecule has 6 unspecified atom stereocenters. The molecule has 57 heavy (non-hydrogen) atoms. The first-order valence-corrected chi connectivity index (χ1v) is 21.1. The van der Waals surface area contributed by atoms with Crippen LogP contribution in [0.3, 0.4) is 0 Å². The predicted octanol–water partition coefficient (Wildman–Crippen LogP) is 1.72. The van der Waals surface area contributed by atoms with Gasteiger partial charge in [0.15, 0.2) is 36.1 Å². The van der Waals surface area contributed by atoms with E-state index < -0.39 is 84.6 Å². The van der Waals surface area contributed by atoms with Gasteiger partial charge in [-0.3, -0.25) is 9.59 Å². The van der Waals surface area contributed by atoms with Crippen LogP contribution in [0.5, 0.6) is 0 Å². The van der Waals surface area contributed by atoms with Gasteiger partial charge in [0, 0.05) is 31.2 Å². The van der Waals surface area contributed by atoms with Gasteiger partial charge in [0.1, 0.15) is 24.3 Å². The lowest BCUT2D eigenvalue weighted by molar-refractivity contribution is -0.363. The summed E-state index contributed by atoms with van der Waals surface area (Å²) in [4.78, 5) is 41.8. The maximum Gasteiger partial charge on any atom is 0.335 e. The Kier molecular flexibility index (Phi) is 14.7. The van der Waals surface area contributed by atoms with Gasteiger partial charge in [-0.2, -0.15) is 0 Å². The normalized spacial score (nSPS) is 41.2. The summed E-state index contributed by atoms with van der Waals surface area (Å²) in [7, 11) is 0. The number of fused-ring (bicyclic) bond motifs is 1. The predicted molar refractivity (Wildman–Crippen MR) is 207 cm³/mol. The first kappa shape index (κ1) is 43.8. The zero-order valence-electron chi connectivity index (χ0n) is 33.0. The Balaban J connectivity index is 1.17. The number of nitrogens with two attached hydrogens (primary N) is 1. The molecule has 0 aromatic carbocycles. The average molecular weight is 803 g/mol. The fourth-order valence-electron chi connectivity index (χ4n) is 10.4. The minimum atomic E-state index is -3.02.